The van der Waals surface area contributed by atoms with Crippen LogP contribution in [0.25, 0.3) is 16.8 Å². The Hall–Kier alpha value is -2.70. The molecule has 2 atom stereocenters. The summed E-state index contributed by atoms with van der Waals surface area (Å²) >= 11 is 0. The van der Waals surface area contributed by atoms with Crippen LogP contribution in [0.3, 0.4) is 0 Å². The molecule has 0 radical (unpaired) electrons. The van der Waals surface area contributed by atoms with Crippen molar-refractivity contribution in [2.45, 2.75) is 11.7 Å². The smallest absolute Gasteiger partial charge is 0.199 e. The molecule has 0 unspecified atom stereocenters. The zero-order valence-electron chi connectivity index (χ0n) is 16.5. The Kier molecular flexibility index (Phi) is 5.65. The van der Waals surface area contributed by atoms with Gasteiger partial charge in [0.2, 0.25) is 0 Å². The average Bonchev–Trinajstić information content (AvgIpc) is 2.76. The molecule has 0 saturated carbocycles. The van der Waals surface area contributed by atoms with Crippen LogP contribution in [0.2, 0.25) is 0 Å². The van der Waals surface area contributed by atoms with Crippen molar-refractivity contribution in [3.8, 4) is 5.75 Å². The van der Waals surface area contributed by atoms with Crippen molar-refractivity contribution in [3.63, 3.8) is 0 Å². The maximum absolute atomic E-state index is 11.6. The maximum atomic E-state index is 11.6. The van der Waals surface area contributed by atoms with Gasteiger partial charge in [-0.2, -0.15) is 0 Å². The third-order valence-corrected chi connectivity index (χ3v) is 5.18. The number of methoxy groups -OCH3 is 2. The van der Waals surface area contributed by atoms with Gasteiger partial charge in [0.25, 0.3) is 0 Å². The van der Waals surface area contributed by atoms with Gasteiger partial charge in [-0.05, 0) is 34.0 Å². The number of aliphatic hydroxyl groups is 1. The largest absolute Gasteiger partial charge is 0.467 e. The lowest BCUT2D eigenvalue weighted by molar-refractivity contribution is -0.220. The minimum atomic E-state index is -1.60. The predicted octanol–water partition coefficient (Wildman–Crippen LogP) is 4.29. The van der Waals surface area contributed by atoms with E-state index in [9.17, 15) is 5.11 Å². The Labute approximate surface area is 170 Å². The molecule has 0 spiro atoms. The van der Waals surface area contributed by atoms with Crippen LogP contribution in [0.4, 0.5) is 0 Å². The SMILES string of the molecule is COCOc1ccc2ccccc2c1[C@H]1c2ccccc2C=C[C@@]1(O)OCOC. The van der Waals surface area contributed by atoms with Crippen molar-refractivity contribution >= 4 is 16.8 Å². The minimum Gasteiger partial charge on any atom is -0.467 e. The molecule has 0 heterocycles. The van der Waals surface area contributed by atoms with E-state index in [1.165, 1.54) is 7.11 Å². The van der Waals surface area contributed by atoms with Gasteiger partial charge < -0.3 is 24.1 Å². The summed E-state index contributed by atoms with van der Waals surface area (Å²) in [7, 11) is 3.11. The summed E-state index contributed by atoms with van der Waals surface area (Å²) in [5.41, 5.74) is 2.82. The molecule has 1 aliphatic carbocycles. The Morgan fingerprint density at radius 3 is 2.48 bits per heavy atom. The second-order valence-electron chi connectivity index (χ2n) is 6.95. The zero-order valence-corrected chi connectivity index (χ0v) is 16.5. The summed E-state index contributed by atoms with van der Waals surface area (Å²) in [4.78, 5) is 0. The van der Waals surface area contributed by atoms with E-state index in [2.05, 4.69) is 0 Å². The van der Waals surface area contributed by atoms with E-state index in [0.29, 0.717) is 5.75 Å². The molecule has 4 rings (SSSR count). The molecule has 0 aliphatic heterocycles. The Morgan fingerprint density at radius 2 is 1.66 bits per heavy atom. The first-order valence-corrected chi connectivity index (χ1v) is 9.45. The Morgan fingerprint density at radius 1 is 0.897 bits per heavy atom. The molecular weight excluding hydrogens is 368 g/mol. The fourth-order valence-electron chi connectivity index (χ4n) is 3.92. The van der Waals surface area contributed by atoms with Gasteiger partial charge in [0.15, 0.2) is 12.6 Å². The van der Waals surface area contributed by atoms with Crippen LogP contribution < -0.4 is 4.74 Å². The van der Waals surface area contributed by atoms with E-state index in [4.69, 9.17) is 18.9 Å². The first-order valence-electron chi connectivity index (χ1n) is 9.45. The van der Waals surface area contributed by atoms with Crippen molar-refractivity contribution in [2.75, 3.05) is 27.8 Å². The van der Waals surface area contributed by atoms with Crippen molar-refractivity contribution in [1.82, 2.24) is 0 Å². The number of hydrogen-bond donors (Lipinski definition) is 1. The Balaban J connectivity index is 1.98. The molecule has 0 aromatic heterocycles. The van der Waals surface area contributed by atoms with Crippen molar-refractivity contribution in [3.05, 3.63) is 83.4 Å². The molecule has 3 aromatic carbocycles. The van der Waals surface area contributed by atoms with Crippen molar-refractivity contribution in [1.29, 1.82) is 0 Å². The molecule has 0 fully saturated rings. The van der Waals surface area contributed by atoms with Crippen LogP contribution >= 0.6 is 0 Å². The van der Waals surface area contributed by atoms with Gasteiger partial charge in [-0.15, -0.1) is 0 Å². The zero-order chi connectivity index (χ0) is 20.3. The summed E-state index contributed by atoms with van der Waals surface area (Å²) in [5, 5.41) is 13.6. The summed E-state index contributed by atoms with van der Waals surface area (Å²) in [6.45, 7) is 0.0610. The van der Waals surface area contributed by atoms with E-state index in [-0.39, 0.29) is 13.6 Å². The highest BCUT2D eigenvalue weighted by molar-refractivity contribution is 5.89. The predicted molar refractivity (Wildman–Crippen MR) is 112 cm³/mol. The fraction of sp³-hybridized carbons (Fsp3) is 0.250. The number of fused-ring (bicyclic) bond motifs is 2. The van der Waals surface area contributed by atoms with E-state index < -0.39 is 11.7 Å². The summed E-state index contributed by atoms with van der Waals surface area (Å²) < 4.78 is 22.0. The van der Waals surface area contributed by atoms with E-state index in [1.807, 2.05) is 66.7 Å². The third-order valence-electron chi connectivity index (χ3n) is 5.18. The van der Waals surface area contributed by atoms with Gasteiger partial charge in [-0.25, -0.2) is 0 Å². The lowest BCUT2D eigenvalue weighted by atomic mass is 9.76. The standard InChI is InChI=1S/C24H24O5/c1-26-15-28-21-12-11-17-7-3-5-9-19(17)22(21)23-20-10-6-4-8-18(20)13-14-24(23,25)29-16-27-2/h3-14,23,25H,15-16H2,1-2H3/t23-,24-/m1/s1. The molecule has 29 heavy (non-hydrogen) atoms. The van der Waals surface area contributed by atoms with E-state index >= 15 is 0 Å². The molecule has 5 nitrogen and oxygen atoms in total. The van der Waals surface area contributed by atoms with Crippen LogP contribution in [0.1, 0.15) is 22.6 Å². The number of rotatable bonds is 7. The lowest BCUT2D eigenvalue weighted by Gasteiger charge is -2.38. The molecule has 150 valence electrons. The molecule has 3 aromatic rings. The monoisotopic (exact) mass is 392 g/mol. The van der Waals surface area contributed by atoms with Crippen molar-refractivity contribution < 1.29 is 24.1 Å². The summed E-state index contributed by atoms with van der Waals surface area (Å²) in [6.07, 6.45) is 3.56. The van der Waals surface area contributed by atoms with Gasteiger partial charge in [-0.1, -0.05) is 60.7 Å². The molecule has 1 aliphatic rings. The fourth-order valence-corrected chi connectivity index (χ4v) is 3.92. The van der Waals surface area contributed by atoms with E-state index in [0.717, 1.165) is 27.5 Å². The average molecular weight is 392 g/mol. The van der Waals surface area contributed by atoms with Gasteiger partial charge >= 0.3 is 0 Å². The molecular formula is C24H24O5. The highest BCUT2D eigenvalue weighted by Gasteiger charge is 2.43. The molecule has 1 N–H and O–H groups in total. The second kappa shape index (κ2) is 8.35. The number of ether oxygens (including phenoxy) is 4. The highest BCUT2D eigenvalue weighted by atomic mass is 16.7. The number of hydrogen-bond acceptors (Lipinski definition) is 5. The van der Waals surface area contributed by atoms with Crippen molar-refractivity contribution in [2.24, 2.45) is 0 Å². The first kappa shape index (κ1) is 19.6. The quantitative estimate of drug-likeness (QED) is 0.608. The number of benzene rings is 3. The van der Waals surface area contributed by atoms with Gasteiger partial charge in [0.1, 0.15) is 12.5 Å². The summed E-state index contributed by atoms with van der Waals surface area (Å²) in [6, 6.07) is 19.9. The van der Waals surface area contributed by atoms with Crippen LogP contribution in [-0.2, 0) is 14.2 Å². The lowest BCUT2D eigenvalue weighted by Crippen LogP contribution is -2.40. The Bertz CT molecular complexity index is 1030. The minimum absolute atomic E-state index is 0.0431. The van der Waals surface area contributed by atoms with Gasteiger partial charge in [-0.3, -0.25) is 0 Å². The highest BCUT2D eigenvalue weighted by Crippen LogP contribution is 2.48. The van der Waals surface area contributed by atoms with Crippen LogP contribution in [0.5, 0.6) is 5.75 Å². The summed E-state index contributed by atoms with van der Waals surface area (Å²) in [5.74, 6) is -1.48. The molecule has 5 heteroatoms. The third kappa shape index (κ3) is 3.66. The second-order valence-corrected chi connectivity index (χ2v) is 6.95. The van der Waals surface area contributed by atoms with Crippen LogP contribution in [0, 0.1) is 0 Å². The van der Waals surface area contributed by atoms with Gasteiger partial charge in [0.05, 0.1) is 5.92 Å². The molecule has 0 amide bonds. The topological polar surface area (TPSA) is 57.2 Å². The van der Waals surface area contributed by atoms with Gasteiger partial charge in [0, 0.05) is 19.8 Å². The molecule has 0 bridgehead atoms. The first-order chi connectivity index (χ1) is 14.2. The molecule has 0 saturated heterocycles. The van der Waals surface area contributed by atoms with Crippen LogP contribution in [0.15, 0.2) is 66.7 Å². The van der Waals surface area contributed by atoms with E-state index in [1.54, 1.807) is 13.2 Å². The normalized spacial score (nSPS) is 20.6. The maximum Gasteiger partial charge on any atom is 0.199 e. The van der Waals surface area contributed by atoms with Crippen LogP contribution in [-0.4, -0.2) is 38.7 Å².